The van der Waals surface area contributed by atoms with Crippen molar-refractivity contribution < 1.29 is 27.1 Å². The van der Waals surface area contributed by atoms with Crippen LogP contribution in [0, 0.1) is 5.82 Å². The van der Waals surface area contributed by atoms with E-state index in [-0.39, 0.29) is 11.6 Å². The highest BCUT2D eigenvalue weighted by atomic mass is 19.4. The number of hydrogen-bond acceptors (Lipinski definition) is 2. The average Bonchev–Trinajstić information content (AvgIpc) is 2.22. The van der Waals surface area contributed by atoms with Crippen molar-refractivity contribution in [3.63, 3.8) is 0 Å². The van der Waals surface area contributed by atoms with Crippen LogP contribution >= 0.6 is 0 Å². The van der Waals surface area contributed by atoms with Crippen molar-refractivity contribution in [3.8, 4) is 0 Å². The molecule has 1 saturated heterocycles. The van der Waals surface area contributed by atoms with Crippen molar-refractivity contribution in [1.29, 1.82) is 0 Å². The molecule has 1 N–H and O–H groups in total. The van der Waals surface area contributed by atoms with Crippen molar-refractivity contribution in [3.05, 3.63) is 35.1 Å². The van der Waals surface area contributed by atoms with Gasteiger partial charge in [-0.1, -0.05) is 0 Å². The number of nitrogens with one attached hydrogen (secondary N) is 1. The minimum absolute atomic E-state index is 0.197. The number of halogens is 4. The van der Waals surface area contributed by atoms with E-state index in [1.54, 1.807) is 0 Å². The molecule has 3 nitrogen and oxygen atoms in total. The van der Waals surface area contributed by atoms with Gasteiger partial charge in [-0.2, -0.15) is 13.2 Å². The minimum atomic E-state index is -4.82. The number of carbonyl (C=O) groups excluding carboxylic acids is 1. The Balaban J connectivity index is 2.20. The van der Waals surface area contributed by atoms with Crippen LogP contribution in [0.2, 0.25) is 0 Å². The second kappa shape index (κ2) is 4.56. The monoisotopic (exact) mass is 263 g/mol. The highest BCUT2D eigenvalue weighted by molar-refractivity contribution is 5.94. The van der Waals surface area contributed by atoms with Crippen LogP contribution in [-0.4, -0.2) is 25.2 Å². The van der Waals surface area contributed by atoms with E-state index >= 15 is 0 Å². The molecule has 0 aliphatic carbocycles. The molecule has 1 aromatic carbocycles. The summed E-state index contributed by atoms with van der Waals surface area (Å²) in [4.78, 5) is 11.6. The Morgan fingerprint density at radius 3 is 2.50 bits per heavy atom. The Morgan fingerprint density at radius 1 is 1.33 bits per heavy atom. The standard InChI is InChI=1S/C11H9F4NO2/c12-9-2-1-6(3-8(9)11(13,14)15)10(17)16-7-4-18-5-7/h1-3,7H,4-5H2,(H,16,17). The lowest BCUT2D eigenvalue weighted by Gasteiger charge is -2.26. The SMILES string of the molecule is O=C(NC1COC1)c1ccc(F)c(C(F)(F)F)c1. The van der Waals surface area contributed by atoms with E-state index in [0.717, 1.165) is 6.07 Å². The van der Waals surface area contributed by atoms with Crippen LogP contribution in [0.25, 0.3) is 0 Å². The molecule has 1 fully saturated rings. The smallest absolute Gasteiger partial charge is 0.377 e. The summed E-state index contributed by atoms with van der Waals surface area (Å²) in [6, 6.07) is 1.95. The highest BCUT2D eigenvalue weighted by Crippen LogP contribution is 2.31. The second-order valence-corrected chi connectivity index (χ2v) is 3.90. The normalized spacial score (nSPS) is 16.2. The maximum Gasteiger partial charge on any atom is 0.419 e. The Morgan fingerprint density at radius 2 is 2.00 bits per heavy atom. The number of amides is 1. The van der Waals surface area contributed by atoms with Gasteiger partial charge in [0.25, 0.3) is 5.91 Å². The topological polar surface area (TPSA) is 38.3 Å². The van der Waals surface area contributed by atoms with Crippen LogP contribution in [0.4, 0.5) is 17.6 Å². The molecular weight excluding hydrogens is 254 g/mol. The first-order valence-electron chi connectivity index (χ1n) is 5.13. The van der Waals surface area contributed by atoms with Gasteiger partial charge < -0.3 is 10.1 Å². The zero-order valence-corrected chi connectivity index (χ0v) is 9.05. The van der Waals surface area contributed by atoms with Crippen LogP contribution in [0.3, 0.4) is 0 Å². The van der Waals surface area contributed by atoms with Gasteiger partial charge in [-0.25, -0.2) is 4.39 Å². The van der Waals surface area contributed by atoms with Crippen molar-refractivity contribution in [1.82, 2.24) is 5.32 Å². The molecule has 0 aromatic heterocycles. The van der Waals surface area contributed by atoms with E-state index in [1.807, 2.05) is 0 Å². The molecule has 1 amide bonds. The Bertz CT molecular complexity index is 469. The molecule has 0 bridgehead atoms. The first-order valence-corrected chi connectivity index (χ1v) is 5.13. The second-order valence-electron chi connectivity index (χ2n) is 3.90. The molecule has 0 saturated carbocycles. The van der Waals surface area contributed by atoms with Gasteiger partial charge in [0.1, 0.15) is 5.82 Å². The minimum Gasteiger partial charge on any atom is -0.377 e. The van der Waals surface area contributed by atoms with E-state index in [2.05, 4.69) is 5.32 Å². The maximum absolute atomic E-state index is 13.0. The summed E-state index contributed by atoms with van der Waals surface area (Å²) in [5.74, 6) is -2.07. The zero-order chi connectivity index (χ0) is 13.3. The third kappa shape index (κ3) is 2.61. The Labute approximate surface area is 99.7 Å². The quantitative estimate of drug-likeness (QED) is 0.828. The van der Waals surface area contributed by atoms with Crippen molar-refractivity contribution in [2.75, 3.05) is 13.2 Å². The molecule has 1 aliphatic rings. The Hall–Kier alpha value is -1.63. The van der Waals surface area contributed by atoms with Crippen molar-refractivity contribution in [2.24, 2.45) is 0 Å². The lowest BCUT2D eigenvalue weighted by molar-refractivity contribution is -0.140. The molecule has 1 aromatic rings. The fourth-order valence-electron chi connectivity index (χ4n) is 1.47. The van der Waals surface area contributed by atoms with E-state index < -0.39 is 23.5 Å². The van der Waals surface area contributed by atoms with Crippen molar-refractivity contribution >= 4 is 5.91 Å². The molecule has 1 heterocycles. The average molecular weight is 263 g/mol. The van der Waals surface area contributed by atoms with Gasteiger partial charge in [0.2, 0.25) is 0 Å². The van der Waals surface area contributed by atoms with E-state index in [9.17, 15) is 22.4 Å². The summed E-state index contributed by atoms with van der Waals surface area (Å²) in [6.45, 7) is 0.665. The molecule has 0 spiro atoms. The van der Waals surface area contributed by atoms with E-state index in [0.29, 0.717) is 25.3 Å². The van der Waals surface area contributed by atoms with Gasteiger partial charge in [-0.05, 0) is 18.2 Å². The first-order chi connectivity index (χ1) is 8.38. The molecule has 2 rings (SSSR count). The number of rotatable bonds is 2. The molecular formula is C11H9F4NO2. The Kier molecular flexibility index (Phi) is 3.25. The van der Waals surface area contributed by atoms with Gasteiger partial charge in [0.15, 0.2) is 0 Å². The van der Waals surface area contributed by atoms with Crippen LogP contribution in [0.1, 0.15) is 15.9 Å². The summed E-state index contributed by atoms with van der Waals surface area (Å²) in [5, 5.41) is 2.48. The van der Waals surface area contributed by atoms with Crippen LogP contribution in [0.15, 0.2) is 18.2 Å². The molecule has 1 aliphatic heterocycles. The van der Waals surface area contributed by atoms with E-state index in [1.165, 1.54) is 0 Å². The molecule has 0 unspecified atom stereocenters. The summed E-state index contributed by atoms with van der Waals surface area (Å²) < 4.78 is 55.1. The molecule has 0 atom stereocenters. The number of benzene rings is 1. The van der Waals surface area contributed by atoms with Crippen molar-refractivity contribution in [2.45, 2.75) is 12.2 Å². The largest absolute Gasteiger partial charge is 0.419 e. The number of alkyl halides is 3. The predicted octanol–water partition coefficient (Wildman–Crippen LogP) is 1.97. The van der Waals surface area contributed by atoms with Crippen LogP contribution < -0.4 is 5.32 Å². The summed E-state index contributed by atoms with van der Waals surface area (Å²) in [7, 11) is 0. The molecule has 98 valence electrons. The number of carbonyl (C=O) groups is 1. The fourth-order valence-corrected chi connectivity index (χ4v) is 1.47. The fraction of sp³-hybridized carbons (Fsp3) is 0.364. The summed E-state index contributed by atoms with van der Waals surface area (Å²) in [6.07, 6.45) is -4.82. The third-order valence-corrected chi connectivity index (χ3v) is 2.51. The summed E-state index contributed by atoms with van der Waals surface area (Å²) in [5.41, 5.74) is -1.67. The van der Waals surface area contributed by atoms with E-state index in [4.69, 9.17) is 4.74 Å². The highest BCUT2D eigenvalue weighted by Gasteiger charge is 2.35. The first kappa shape index (κ1) is 12.8. The van der Waals surface area contributed by atoms with Gasteiger partial charge in [0, 0.05) is 5.56 Å². The lowest BCUT2D eigenvalue weighted by atomic mass is 10.1. The van der Waals surface area contributed by atoms with Crippen LogP contribution in [-0.2, 0) is 10.9 Å². The maximum atomic E-state index is 13.0. The van der Waals surface area contributed by atoms with Gasteiger partial charge >= 0.3 is 6.18 Å². The third-order valence-electron chi connectivity index (χ3n) is 2.51. The van der Waals surface area contributed by atoms with Gasteiger partial charge in [-0.3, -0.25) is 4.79 Å². The van der Waals surface area contributed by atoms with Gasteiger partial charge in [-0.15, -0.1) is 0 Å². The van der Waals surface area contributed by atoms with Gasteiger partial charge in [0.05, 0.1) is 24.8 Å². The zero-order valence-electron chi connectivity index (χ0n) is 9.05. The molecule has 0 radical (unpaired) electrons. The molecule has 18 heavy (non-hydrogen) atoms. The predicted molar refractivity (Wildman–Crippen MR) is 53.5 cm³/mol. The molecule has 7 heteroatoms. The lowest BCUT2D eigenvalue weighted by Crippen LogP contribution is -2.48. The number of ether oxygens (including phenoxy) is 1. The summed E-state index contributed by atoms with van der Waals surface area (Å²) >= 11 is 0. The van der Waals surface area contributed by atoms with Crippen LogP contribution in [0.5, 0.6) is 0 Å². The number of hydrogen-bond donors (Lipinski definition) is 1.